The van der Waals surface area contributed by atoms with Crippen LogP contribution in [-0.2, 0) is 13.1 Å². The molecule has 1 amide bonds. The van der Waals surface area contributed by atoms with E-state index in [1.54, 1.807) is 25.7 Å². The number of nitrogens with one attached hydrogen (secondary N) is 1. The van der Waals surface area contributed by atoms with Crippen LogP contribution in [0.5, 0.6) is 5.75 Å². The lowest BCUT2D eigenvalue weighted by atomic mass is 10.2. The minimum absolute atomic E-state index is 0.297. The van der Waals surface area contributed by atoms with Gasteiger partial charge in [0.2, 0.25) is 5.95 Å². The first-order valence-corrected chi connectivity index (χ1v) is 10.4. The number of fused-ring (bicyclic) bond motifs is 2. The fourth-order valence-corrected chi connectivity index (χ4v) is 3.75. The first kappa shape index (κ1) is 19.7. The number of para-hydroxylation sites is 2. The fraction of sp³-hybridized carbons (Fsp3) is 0.167. The van der Waals surface area contributed by atoms with Crippen molar-refractivity contribution in [1.29, 1.82) is 0 Å². The third kappa shape index (κ3) is 3.90. The number of carbonyl (C=O) groups excluding carboxylic acids is 1. The van der Waals surface area contributed by atoms with Gasteiger partial charge in [-0.15, -0.1) is 0 Å². The predicted octanol–water partition coefficient (Wildman–Crippen LogP) is 4.13. The molecule has 0 bridgehead atoms. The normalized spacial score (nSPS) is 11.2. The maximum Gasteiger partial charge on any atom is 0.276 e. The monoisotopic (exact) mass is 426 g/mol. The number of aryl methyl sites for hydroxylation is 2. The molecule has 0 saturated heterocycles. The summed E-state index contributed by atoms with van der Waals surface area (Å²) in [6.07, 6.45) is 6.38. The number of amides is 1. The van der Waals surface area contributed by atoms with Gasteiger partial charge in [0.05, 0.1) is 30.0 Å². The van der Waals surface area contributed by atoms with Crippen LogP contribution in [0, 0.1) is 0 Å². The number of imidazole rings is 2. The molecule has 0 unspecified atom stereocenters. The number of ether oxygens (including phenoxy) is 1. The zero-order valence-corrected chi connectivity index (χ0v) is 17.6. The summed E-state index contributed by atoms with van der Waals surface area (Å²) in [6.45, 7) is 1.54. The van der Waals surface area contributed by atoms with E-state index in [1.807, 2.05) is 63.9 Å². The van der Waals surface area contributed by atoms with Crippen molar-refractivity contribution in [3.8, 4) is 5.75 Å². The number of carbonyl (C=O) groups is 1. The third-order valence-corrected chi connectivity index (χ3v) is 5.37. The van der Waals surface area contributed by atoms with Gasteiger partial charge >= 0.3 is 0 Å². The molecule has 5 aromatic rings. The molecule has 0 aliphatic heterocycles. The fourth-order valence-electron chi connectivity index (χ4n) is 3.75. The second kappa shape index (κ2) is 8.50. The van der Waals surface area contributed by atoms with Crippen LogP contribution in [0.15, 0.2) is 73.3 Å². The summed E-state index contributed by atoms with van der Waals surface area (Å²) in [4.78, 5) is 26.2. The van der Waals surface area contributed by atoms with Crippen LogP contribution in [0.3, 0.4) is 0 Å². The van der Waals surface area contributed by atoms with E-state index in [0.29, 0.717) is 18.2 Å². The van der Waals surface area contributed by atoms with E-state index in [9.17, 15) is 4.79 Å². The number of hydrogen-bond acceptors (Lipinski definition) is 5. The van der Waals surface area contributed by atoms with Crippen molar-refractivity contribution in [2.75, 3.05) is 12.4 Å². The van der Waals surface area contributed by atoms with E-state index in [2.05, 4.69) is 20.3 Å². The van der Waals surface area contributed by atoms with Crippen molar-refractivity contribution < 1.29 is 9.53 Å². The van der Waals surface area contributed by atoms with Gasteiger partial charge in [-0.2, -0.15) is 0 Å². The molecule has 0 fully saturated rings. The quantitative estimate of drug-likeness (QED) is 0.423. The molecule has 0 aliphatic carbocycles. The highest BCUT2D eigenvalue weighted by Gasteiger charge is 2.15. The van der Waals surface area contributed by atoms with E-state index in [1.165, 1.54) is 0 Å². The molecule has 160 valence electrons. The zero-order chi connectivity index (χ0) is 21.9. The molecule has 0 atom stereocenters. The maximum atomic E-state index is 13.0. The lowest BCUT2D eigenvalue weighted by Crippen LogP contribution is -2.17. The highest BCUT2D eigenvalue weighted by Crippen LogP contribution is 2.22. The van der Waals surface area contributed by atoms with Crippen molar-refractivity contribution in [1.82, 2.24) is 24.1 Å². The number of rotatable bonds is 7. The van der Waals surface area contributed by atoms with E-state index in [-0.39, 0.29) is 5.91 Å². The van der Waals surface area contributed by atoms with Crippen LogP contribution in [0.25, 0.3) is 21.9 Å². The van der Waals surface area contributed by atoms with Crippen LogP contribution >= 0.6 is 0 Å². The second-order valence-corrected chi connectivity index (χ2v) is 7.44. The van der Waals surface area contributed by atoms with Crippen molar-refractivity contribution in [2.24, 2.45) is 0 Å². The zero-order valence-electron chi connectivity index (χ0n) is 17.6. The van der Waals surface area contributed by atoms with Gasteiger partial charge in [-0.05, 0) is 42.8 Å². The molecular formula is C24H22N6O2. The maximum absolute atomic E-state index is 13.0. The summed E-state index contributed by atoms with van der Waals surface area (Å²) < 4.78 is 9.32. The van der Waals surface area contributed by atoms with Gasteiger partial charge in [0.25, 0.3) is 5.91 Å². The number of anilines is 1. The molecule has 1 N–H and O–H groups in total. The average molecular weight is 426 g/mol. The standard InChI is InChI=1S/C24H22N6O2/c1-32-18-8-10-19-17(15-18)7-9-21(26-19)23(31)28-24-27-20-5-2-3-6-22(20)30(24)13-4-12-29-14-11-25-16-29/h2-3,5-11,14-16H,4,12-13H2,1H3,(H,27,28,31). The van der Waals surface area contributed by atoms with Gasteiger partial charge in [0, 0.05) is 30.9 Å². The Kier molecular flexibility index (Phi) is 5.25. The number of nitrogens with zero attached hydrogens (tertiary/aromatic N) is 5. The van der Waals surface area contributed by atoms with E-state index in [0.717, 1.165) is 40.7 Å². The van der Waals surface area contributed by atoms with Gasteiger partial charge in [-0.25, -0.2) is 15.0 Å². The summed E-state index contributed by atoms with van der Waals surface area (Å²) in [5.41, 5.74) is 2.88. The molecule has 0 aliphatic rings. The topological polar surface area (TPSA) is 86.9 Å². The van der Waals surface area contributed by atoms with Gasteiger partial charge in [-0.1, -0.05) is 18.2 Å². The number of methoxy groups -OCH3 is 1. The molecule has 8 nitrogen and oxygen atoms in total. The van der Waals surface area contributed by atoms with E-state index >= 15 is 0 Å². The minimum Gasteiger partial charge on any atom is -0.497 e. The molecule has 32 heavy (non-hydrogen) atoms. The summed E-state index contributed by atoms with van der Waals surface area (Å²) in [5, 5.41) is 3.86. The first-order valence-electron chi connectivity index (χ1n) is 10.4. The molecule has 2 aromatic carbocycles. The highest BCUT2D eigenvalue weighted by molar-refractivity contribution is 6.04. The van der Waals surface area contributed by atoms with Crippen LogP contribution < -0.4 is 10.1 Å². The smallest absolute Gasteiger partial charge is 0.276 e. The molecular weight excluding hydrogens is 404 g/mol. The predicted molar refractivity (Wildman–Crippen MR) is 123 cm³/mol. The van der Waals surface area contributed by atoms with Crippen molar-refractivity contribution in [3.63, 3.8) is 0 Å². The van der Waals surface area contributed by atoms with Crippen molar-refractivity contribution >= 4 is 33.8 Å². The van der Waals surface area contributed by atoms with Gasteiger partial charge < -0.3 is 13.9 Å². The Balaban J connectivity index is 1.40. The van der Waals surface area contributed by atoms with Gasteiger partial charge in [0.1, 0.15) is 11.4 Å². The summed E-state index contributed by atoms with van der Waals surface area (Å²) in [5.74, 6) is 0.966. The third-order valence-electron chi connectivity index (χ3n) is 5.37. The average Bonchev–Trinajstić information content (AvgIpc) is 3.46. The van der Waals surface area contributed by atoms with E-state index in [4.69, 9.17) is 4.74 Å². The number of hydrogen-bond donors (Lipinski definition) is 1. The lowest BCUT2D eigenvalue weighted by Gasteiger charge is -2.11. The Morgan fingerprint density at radius 1 is 1.03 bits per heavy atom. The van der Waals surface area contributed by atoms with Gasteiger partial charge in [0.15, 0.2) is 0 Å². The minimum atomic E-state index is -0.297. The Morgan fingerprint density at radius 3 is 2.78 bits per heavy atom. The Bertz CT molecular complexity index is 1390. The molecule has 8 heteroatoms. The summed E-state index contributed by atoms with van der Waals surface area (Å²) in [7, 11) is 1.62. The Hall–Kier alpha value is -4.20. The second-order valence-electron chi connectivity index (χ2n) is 7.44. The van der Waals surface area contributed by atoms with Crippen LogP contribution in [0.1, 0.15) is 16.9 Å². The summed E-state index contributed by atoms with van der Waals surface area (Å²) in [6, 6.07) is 17.0. The lowest BCUT2D eigenvalue weighted by molar-refractivity contribution is 0.102. The first-order chi connectivity index (χ1) is 15.7. The largest absolute Gasteiger partial charge is 0.497 e. The number of aromatic nitrogens is 5. The van der Waals surface area contributed by atoms with E-state index < -0.39 is 0 Å². The molecule has 5 rings (SSSR count). The number of benzene rings is 2. The number of pyridine rings is 1. The van der Waals surface area contributed by atoms with Crippen LogP contribution in [0.4, 0.5) is 5.95 Å². The SMILES string of the molecule is COc1ccc2nc(C(=O)Nc3nc4ccccc4n3CCCn3ccnc3)ccc2c1. The van der Waals surface area contributed by atoms with Crippen molar-refractivity contribution in [2.45, 2.75) is 19.5 Å². The molecule has 0 spiro atoms. The summed E-state index contributed by atoms with van der Waals surface area (Å²) >= 11 is 0. The Morgan fingerprint density at radius 2 is 1.94 bits per heavy atom. The van der Waals surface area contributed by atoms with Gasteiger partial charge in [-0.3, -0.25) is 10.1 Å². The molecule has 3 aromatic heterocycles. The molecule has 0 radical (unpaired) electrons. The van der Waals surface area contributed by atoms with Crippen LogP contribution in [-0.4, -0.2) is 37.1 Å². The Labute approximate surface area is 184 Å². The molecule has 0 saturated carbocycles. The molecule has 3 heterocycles. The van der Waals surface area contributed by atoms with Crippen molar-refractivity contribution in [3.05, 3.63) is 79.0 Å². The van der Waals surface area contributed by atoms with Crippen LogP contribution in [0.2, 0.25) is 0 Å². The highest BCUT2D eigenvalue weighted by atomic mass is 16.5.